The Morgan fingerprint density at radius 3 is 1.78 bits per heavy atom. The van der Waals surface area contributed by atoms with Crippen LogP contribution >= 0.6 is 0 Å². The summed E-state index contributed by atoms with van der Waals surface area (Å²) in [5.41, 5.74) is 6.43. The maximum Gasteiger partial charge on any atom is 0.0837 e. The molecule has 2 unspecified atom stereocenters. The minimum atomic E-state index is 0.0181. The molecule has 3 heteroatoms. The Hall–Kier alpha value is -3.24. The normalized spacial score (nSPS) is 19.5. The molecule has 1 heterocycles. The van der Waals surface area contributed by atoms with Gasteiger partial charge in [-0.3, -0.25) is 0 Å². The van der Waals surface area contributed by atoms with E-state index in [1.807, 2.05) is 24.3 Å². The number of ether oxygens (including phenoxy) is 3. The first kappa shape index (κ1) is 25.4. The Bertz CT molecular complexity index is 1190. The van der Waals surface area contributed by atoms with E-state index in [0.29, 0.717) is 19.8 Å². The third-order valence-electron chi connectivity index (χ3n) is 6.98. The molecule has 1 aliphatic heterocycles. The first-order chi connectivity index (χ1) is 18.3. The summed E-state index contributed by atoms with van der Waals surface area (Å²) in [7, 11) is 0. The van der Waals surface area contributed by atoms with Gasteiger partial charge >= 0.3 is 0 Å². The van der Waals surface area contributed by atoms with Gasteiger partial charge < -0.3 is 14.2 Å². The molecule has 4 aromatic carbocycles. The van der Waals surface area contributed by atoms with Crippen LogP contribution in [-0.4, -0.2) is 24.9 Å². The zero-order chi connectivity index (χ0) is 25.1. The number of rotatable bonds is 11. The molecule has 0 N–H and O–H groups in total. The third kappa shape index (κ3) is 7.87. The number of hydrogen-bond donors (Lipinski definition) is 0. The second-order valence-corrected chi connectivity index (χ2v) is 9.91. The summed E-state index contributed by atoms with van der Waals surface area (Å²) in [4.78, 5) is 0. The molecule has 3 nitrogen and oxygen atoms in total. The molecule has 5 rings (SSSR count). The standard InChI is InChI=1S/C34H36O3/c1-4-12-27(13-5-1)20-30-18-10-11-19-31(30)21-33-22-32(36-25-29-16-8-3-9-17-29)23-34(37-33)26-35-24-28-14-6-2-7-15-28/h1-19,32-34H,20-26H2/t32?,33-,34?/m0/s1. The zero-order valence-electron chi connectivity index (χ0n) is 21.4. The van der Waals surface area contributed by atoms with Crippen LogP contribution in [-0.2, 0) is 40.3 Å². The average Bonchev–Trinajstić information content (AvgIpc) is 2.95. The summed E-state index contributed by atoms with van der Waals surface area (Å²) < 4.78 is 19.1. The van der Waals surface area contributed by atoms with Crippen LogP contribution in [0.5, 0.6) is 0 Å². The van der Waals surface area contributed by atoms with Crippen molar-refractivity contribution in [2.24, 2.45) is 0 Å². The summed E-state index contributed by atoms with van der Waals surface area (Å²) in [6.07, 6.45) is 3.81. The quantitative estimate of drug-likeness (QED) is 0.222. The van der Waals surface area contributed by atoms with Gasteiger partial charge in [0.2, 0.25) is 0 Å². The van der Waals surface area contributed by atoms with Crippen LogP contribution in [0.3, 0.4) is 0 Å². The highest BCUT2D eigenvalue weighted by molar-refractivity contribution is 5.33. The molecule has 0 saturated carbocycles. The maximum absolute atomic E-state index is 6.61. The van der Waals surface area contributed by atoms with Crippen LogP contribution in [0.4, 0.5) is 0 Å². The zero-order valence-corrected chi connectivity index (χ0v) is 21.4. The lowest BCUT2D eigenvalue weighted by Crippen LogP contribution is -2.40. The SMILES string of the molecule is c1ccc(COCC2CC(OCc3ccccc3)C[C@H](Cc3ccccc3Cc3ccccc3)O2)cc1. The largest absolute Gasteiger partial charge is 0.374 e. The van der Waals surface area contributed by atoms with Crippen LogP contribution in [0.25, 0.3) is 0 Å². The molecule has 1 aliphatic rings. The second-order valence-electron chi connectivity index (χ2n) is 9.91. The van der Waals surface area contributed by atoms with Crippen molar-refractivity contribution in [2.75, 3.05) is 6.61 Å². The molecule has 0 aromatic heterocycles. The smallest absolute Gasteiger partial charge is 0.0837 e. The van der Waals surface area contributed by atoms with E-state index < -0.39 is 0 Å². The van der Waals surface area contributed by atoms with Crippen LogP contribution < -0.4 is 0 Å². The summed E-state index contributed by atoms with van der Waals surface area (Å²) in [6, 6.07) is 40.2. The molecule has 0 bridgehead atoms. The highest BCUT2D eigenvalue weighted by Crippen LogP contribution is 2.27. The lowest BCUT2D eigenvalue weighted by Gasteiger charge is -2.36. The van der Waals surface area contributed by atoms with E-state index in [0.717, 1.165) is 25.7 Å². The van der Waals surface area contributed by atoms with E-state index in [4.69, 9.17) is 14.2 Å². The topological polar surface area (TPSA) is 27.7 Å². The first-order valence-corrected chi connectivity index (χ1v) is 13.3. The Morgan fingerprint density at radius 1 is 0.568 bits per heavy atom. The summed E-state index contributed by atoms with van der Waals surface area (Å²) >= 11 is 0. The summed E-state index contributed by atoms with van der Waals surface area (Å²) in [5, 5.41) is 0. The van der Waals surface area contributed by atoms with Crippen molar-refractivity contribution in [1.82, 2.24) is 0 Å². The number of hydrogen-bond acceptors (Lipinski definition) is 3. The fourth-order valence-electron chi connectivity index (χ4n) is 5.10. The molecular weight excluding hydrogens is 456 g/mol. The lowest BCUT2D eigenvalue weighted by molar-refractivity contribution is -0.139. The van der Waals surface area contributed by atoms with Gasteiger partial charge in [0, 0.05) is 12.8 Å². The molecule has 1 fully saturated rings. The third-order valence-corrected chi connectivity index (χ3v) is 6.98. The van der Waals surface area contributed by atoms with Crippen molar-refractivity contribution in [3.05, 3.63) is 143 Å². The van der Waals surface area contributed by atoms with Crippen LogP contribution in [0.2, 0.25) is 0 Å². The van der Waals surface area contributed by atoms with Crippen molar-refractivity contribution in [3.8, 4) is 0 Å². The second kappa shape index (κ2) is 13.3. The maximum atomic E-state index is 6.61. The molecule has 0 spiro atoms. The van der Waals surface area contributed by atoms with E-state index in [1.54, 1.807) is 0 Å². The molecular formula is C34H36O3. The first-order valence-electron chi connectivity index (χ1n) is 13.3. The van der Waals surface area contributed by atoms with E-state index in [-0.39, 0.29) is 18.3 Å². The minimum absolute atomic E-state index is 0.0181. The van der Waals surface area contributed by atoms with Crippen LogP contribution in [0.15, 0.2) is 115 Å². The fourth-order valence-corrected chi connectivity index (χ4v) is 5.10. The van der Waals surface area contributed by atoms with Crippen molar-refractivity contribution in [3.63, 3.8) is 0 Å². The monoisotopic (exact) mass is 492 g/mol. The molecule has 0 radical (unpaired) electrons. The highest BCUT2D eigenvalue weighted by Gasteiger charge is 2.31. The molecule has 3 atom stereocenters. The predicted molar refractivity (Wildman–Crippen MR) is 148 cm³/mol. The van der Waals surface area contributed by atoms with Crippen molar-refractivity contribution in [2.45, 2.75) is 57.2 Å². The van der Waals surface area contributed by atoms with E-state index >= 15 is 0 Å². The molecule has 190 valence electrons. The highest BCUT2D eigenvalue weighted by atomic mass is 16.5. The van der Waals surface area contributed by atoms with Gasteiger partial charge in [-0.25, -0.2) is 0 Å². The number of benzene rings is 4. The molecule has 0 amide bonds. The van der Waals surface area contributed by atoms with Gasteiger partial charge in [0.05, 0.1) is 38.1 Å². The van der Waals surface area contributed by atoms with E-state index in [9.17, 15) is 0 Å². The van der Waals surface area contributed by atoms with Gasteiger partial charge in [-0.15, -0.1) is 0 Å². The van der Waals surface area contributed by atoms with Gasteiger partial charge in [0.25, 0.3) is 0 Å². The molecule has 0 aliphatic carbocycles. The van der Waals surface area contributed by atoms with Crippen LogP contribution in [0.1, 0.15) is 40.7 Å². The van der Waals surface area contributed by atoms with Gasteiger partial charge in [-0.1, -0.05) is 115 Å². The van der Waals surface area contributed by atoms with Gasteiger partial charge in [-0.05, 0) is 40.7 Å². The van der Waals surface area contributed by atoms with Crippen molar-refractivity contribution >= 4 is 0 Å². The molecule has 4 aromatic rings. The molecule has 1 saturated heterocycles. The summed E-state index contributed by atoms with van der Waals surface area (Å²) in [6.45, 7) is 1.80. The average molecular weight is 493 g/mol. The molecule has 37 heavy (non-hydrogen) atoms. The van der Waals surface area contributed by atoms with E-state index in [1.165, 1.54) is 27.8 Å². The Morgan fingerprint density at radius 2 is 1.11 bits per heavy atom. The van der Waals surface area contributed by atoms with E-state index in [2.05, 4.69) is 91.0 Å². The fraction of sp³-hybridized carbons (Fsp3) is 0.294. The van der Waals surface area contributed by atoms with Crippen molar-refractivity contribution < 1.29 is 14.2 Å². The lowest BCUT2D eigenvalue weighted by atomic mass is 9.92. The van der Waals surface area contributed by atoms with Gasteiger partial charge in [0.1, 0.15) is 0 Å². The summed E-state index contributed by atoms with van der Waals surface area (Å²) in [5.74, 6) is 0. The Labute approximate surface area is 221 Å². The van der Waals surface area contributed by atoms with Crippen LogP contribution in [0, 0.1) is 0 Å². The van der Waals surface area contributed by atoms with Gasteiger partial charge in [-0.2, -0.15) is 0 Å². The predicted octanol–water partition coefficient (Wildman–Crippen LogP) is 7.17. The van der Waals surface area contributed by atoms with Crippen molar-refractivity contribution in [1.29, 1.82) is 0 Å². The Kier molecular flexibility index (Phi) is 9.17. The van der Waals surface area contributed by atoms with Gasteiger partial charge in [0.15, 0.2) is 0 Å². The Balaban J connectivity index is 1.25. The minimum Gasteiger partial charge on any atom is -0.374 e.